The lowest BCUT2D eigenvalue weighted by atomic mass is 9.87. The molecule has 0 aliphatic carbocycles. The van der Waals surface area contributed by atoms with Gasteiger partial charge in [-0.15, -0.1) is 11.3 Å². The van der Waals surface area contributed by atoms with Crippen molar-refractivity contribution in [3.05, 3.63) is 63.6 Å². The van der Waals surface area contributed by atoms with Crippen LogP contribution in [0, 0.1) is 0 Å². The Balaban J connectivity index is 1.62. The van der Waals surface area contributed by atoms with Crippen LogP contribution in [0.15, 0.2) is 46.9 Å². The van der Waals surface area contributed by atoms with Gasteiger partial charge in [0.2, 0.25) is 0 Å². The number of benzene rings is 2. The lowest BCUT2D eigenvalue weighted by Crippen LogP contribution is -2.33. The van der Waals surface area contributed by atoms with Crippen LogP contribution in [0.5, 0.6) is 0 Å². The first kappa shape index (κ1) is 20.6. The molecule has 3 aromatic rings. The molecule has 152 valence electrons. The molecule has 1 aliphatic heterocycles. The number of nitrogen functional groups attached to an aromatic ring is 1. The smallest absolute Gasteiger partial charge is 0.194 e. The number of nitrogens with zero attached hydrogens (tertiary/aromatic N) is 1. The zero-order chi connectivity index (χ0) is 20.4. The minimum absolute atomic E-state index is 0.0458. The van der Waals surface area contributed by atoms with Crippen LogP contribution < -0.4 is 5.73 Å². The quantitative estimate of drug-likeness (QED) is 0.420. The number of rotatable bonds is 6. The van der Waals surface area contributed by atoms with Gasteiger partial charge in [0.05, 0.1) is 5.00 Å². The first-order valence-electron chi connectivity index (χ1n) is 10.4. The Morgan fingerprint density at radius 2 is 1.97 bits per heavy atom. The summed E-state index contributed by atoms with van der Waals surface area (Å²) in [5.41, 5.74) is 9.16. The number of anilines is 1. The minimum Gasteiger partial charge on any atom is -0.390 e. The second kappa shape index (κ2) is 8.99. The van der Waals surface area contributed by atoms with Gasteiger partial charge in [0.15, 0.2) is 5.78 Å². The summed E-state index contributed by atoms with van der Waals surface area (Å²) in [5, 5.41) is 2.08. The highest BCUT2D eigenvalue weighted by Crippen LogP contribution is 2.42. The van der Waals surface area contributed by atoms with Gasteiger partial charge >= 0.3 is 0 Å². The number of carbonyl (C=O) groups is 1. The lowest BCUT2D eigenvalue weighted by Gasteiger charge is -2.32. The molecule has 4 rings (SSSR count). The van der Waals surface area contributed by atoms with Gasteiger partial charge in [-0.05, 0) is 86.1 Å². The Morgan fingerprint density at radius 1 is 1.21 bits per heavy atom. The molecule has 0 amide bonds. The van der Waals surface area contributed by atoms with Crippen molar-refractivity contribution in [1.29, 1.82) is 0 Å². The maximum atomic E-state index is 13.1. The minimum atomic E-state index is 0.0458. The predicted molar refractivity (Wildman–Crippen MR) is 127 cm³/mol. The molecule has 2 heterocycles. The molecular formula is C24H27BrN2OS. The first-order chi connectivity index (χ1) is 14.1. The molecule has 1 aromatic heterocycles. The molecule has 29 heavy (non-hydrogen) atoms. The molecule has 0 spiro atoms. The summed E-state index contributed by atoms with van der Waals surface area (Å²) < 4.78 is 2.00. The molecule has 0 radical (unpaired) electrons. The van der Waals surface area contributed by atoms with E-state index in [2.05, 4.69) is 39.9 Å². The second-order valence-electron chi connectivity index (χ2n) is 7.87. The van der Waals surface area contributed by atoms with E-state index in [4.69, 9.17) is 5.73 Å². The van der Waals surface area contributed by atoms with Crippen LogP contribution >= 0.6 is 27.3 Å². The number of unbranched alkanes of at least 4 members (excludes halogenated alkanes) is 1. The zero-order valence-electron chi connectivity index (χ0n) is 16.8. The topological polar surface area (TPSA) is 46.3 Å². The molecule has 1 fully saturated rings. The average molecular weight is 471 g/mol. The van der Waals surface area contributed by atoms with Gasteiger partial charge in [0.1, 0.15) is 0 Å². The molecule has 1 aliphatic rings. The monoisotopic (exact) mass is 470 g/mol. The fourth-order valence-electron chi connectivity index (χ4n) is 4.33. The van der Waals surface area contributed by atoms with Crippen LogP contribution in [0.25, 0.3) is 10.1 Å². The van der Waals surface area contributed by atoms with Gasteiger partial charge in [-0.2, -0.15) is 0 Å². The maximum Gasteiger partial charge on any atom is 0.194 e. The number of fused-ring (bicyclic) bond motifs is 1. The van der Waals surface area contributed by atoms with Gasteiger partial charge in [-0.3, -0.25) is 4.79 Å². The van der Waals surface area contributed by atoms with E-state index in [1.165, 1.54) is 29.6 Å². The van der Waals surface area contributed by atoms with E-state index in [1.807, 2.05) is 30.3 Å². The molecule has 5 heteroatoms. The number of nitrogens with two attached hydrogens (primary N) is 1. The van der Waals surface area contributed by atoms with Crippen molar-refractivity contribution >= 4 is 48.1 Å². The SMILES string of the molecule is CCCCN1CCC(c2c(N)sc3ccc(C(=O)c4ccccc4Br)cc23)CC1. The van der Waals surface area contributed by atoms with E-state index >= 15 is 0 Å². The zero-order valence-corrected chi connectivity index (χ0v) is 19.2. The van der Waals surface area contributed by atoms with Gasteiger partial charge < -0.3 is 10.6 Å². The van der Waals surface area contributed by atoms with E-state index in [-0.39, 0.29) is 5.78 Å². The fourth-order valence-corrected chi connectivity index (χ4v) is 5.83. The third-order valence-corrected chi connectivity index (χ3v) is 7.67. The maximum absolute atomic E-state index is 13.1. The van der Waals surface area contributed by atoms with Crippen molar-refractivity contribution in [1.82, 2.24) is 4.90 Å². The number of hydrogen-bond acceptors (Lipinski definition) is 4. The van der Waals surface area contributed by atoms with Crippen molar-refractivity contribution in [3.63, 3.8) is 0 Å². The number of ketones is 1. The van der Waals surface area contributed by atoms with E-state index in [0.717, 1.165) is 46.4 Å². The molecule has 3 nitrogen and oxygen atoms in total. The molecule has 0 unspecified atom stereocenters. The van der Waals surface area contributed by atoms with Crippen LogP contribution in [-0.2, 0) is 0 Å². The summed E-state index contributed by atoms with van der Waals surface area (Å²) in [4.78, 5) is 15.7. The van der Waals surface area contributed by atoms with Gasteiger partial charge in [0, 0.05) is 20.3 Å². The molecule has 1 saturated heterocycles. The second-order valence-corrected chi connectivity index (χ2v) is 9.81. The molecule has 2 N–H and O–H groups in total. The Labute approximate surface area is 185 Å². The Kier molecular flexibility index (Phi) is 6.38. The Morgan fingerprint density at radius 3 is 2.69 bits per heavy atom. The number of thiophene rings is 1. The normalized spacial score (nSPS) is 15.8. The standard InChI is InChI=1S/C24H27BrN2OS/c1-2-3-12-27-13-10-16(11-14-27)22-19-15-17(8-9-21(19)29-24(22)26)23(28)18-6-4-5-7-20(18)25/h4-9,15-16H,2-3,10-14,26H2,1H3. The first-order valence-corrected chi connectivity index (χ1v) is 12.0. The van der Waals surface area contributed by atoms with E-state index in [1.54, 1.807) is 11.3 Å². The third-order valence-electron chi connectivity index (χ3n) is 5.96. The lowest BCUT2D eigenvalue weighted by molar-refractivity contribution is 0.103. The number of carbonyl (C=O) groups excluding carboxylic acids is 1. The largest absolute Gasteiger partial charge is 0.390 e. The highest BCUT2D eigenvalue weighted by molar-refractivity contribution is 9.10. The Bertz CT molecular complexity index is 1020. The predicted octanol–water partition coefficient (Wildman–Crippen LogP) is 6.46. The number of hydrogen-bond donors (Lipinski definition) is 1. The molecule has 0 bridgehead atoms. The number of likely N-dealkylation sites (tertiary alicyclic amines) is 1. The van der Waals surface area contributed by atoms with E-state index in [9.17, 15) is 4.79 Å². The molecule has 2 aromatic carbocycles. The third kappa shape index (κ3) is 4.27. The van der Waals surface area contributed by atoms with Gasteiger partial charge in [-0.25, -0.2) is 0 Å². The summed E-state index contributed by atoms with van der Waals surface area (Å²) in [6.45, 7) is 5.72. The summed E-state index contributed by atoms with van der Waals surface area (Å²) in [6, 6.07) is 13.6. The van der Waals surface area contributed by atoms with Crippen molar-refractivity contribution in [2.45, 2.75) is 38.5 Å². The van der Waals surface area contributed by atoms with Gasteiger partial charge in [-0.1, -0.05) is 41.4 Å². The van der Waals surface area contributed by atoms with Crippen molar-refractivity contribution in [3.8, 4) is 0 Å². The number of halogens is 1. The molecular weight excluding hydrogens is 444 g/mol. The number of piperidine rings is 1. The summed E-state index contributed by atoms with van der Waals surface area (Å²) in [6.07, 6.45) is 4.80. The fraction of sp³-hybridized carbons (Fsp3) is 0.375. The molecule has 0 saturated carbocycles. The molecule has 0 atom stereocenters. The van der Waals surface area contributed by atoms with Gasteiger partial charge in [0.25, 0.3) is 0 Å². The highest BCUT2D eigenvalue weighted by atomic mass is 79.9. The van der Waals surface area contributed by atoms with Crippen molar-refractivity contribution < 1.29 is 4.79 Å². The average Bonchev–Trinajstić information content (AvgIpc) is 3.07. The highest BCUT2D eigenvalue weighted by Gasteiger charge is 2.25. The Hall–Kier alpha value is -1.69. The van der Waals surface area contributed by atoms with E-state index in [0.29, 0.717) is 11.5 Å². The van der Waals surface area contributed by atoms with Crippen LogP contribution in [0.1, 0.15) is 60.0 Å². The summed E-state index contributed by atoms with van der Waals surface area (Å²) >= 11 is 5.16. The van der Waals surface area contributed by atoms with E-state index < -0.39 is 0 Å². The summed E-state index contributed by atoms with van der Waals surface area (Å²) in [7, 11) is 0. The van der Waals surface area contributed by atoms with Crippen LogP contribution in [0.4, 0.5) is 5.00 Å². The van der Waals surface area contributed by atoms with Crippen molar-refractivity contribution in [2.75, 3.05) is 25.4 Å². The van der Waals surface area contributed by atoms with Crippen molar-refractivity contribution in [2.24, 2.45) is 0 Å². The summed E-state index contributed by atoms with van der Waals surface area (Å²) in [5.74, 6) is 0.528. The van der Waals surface area contributed by atoms with Crippen LogP contribution in [0.2, 0.25) is 0 Å². The van der Waals surface area contributed by atoms with Crippen LogP contribution in [-0.4, -0.2) is 30.3 Å². The van der Waals surface area contributed by atoms with Crippen LogP contribution in [0.3, 0.4) is 0 Å².